The highest BCUT2D eigenvalue weighted by Crippen LogP contribution is 2.26. The summed E-state index contributed by atoms with van der Waals surface area (Å²) in [7, 11) is -3.05. The van der Waals surface area contributed by atoms with Crippen molar-refractivity contribution in [3.05, 3.63) is 59.4 Å². The van der Waals surface area contributed by atoms with Crippen LogP contribution in [0.15, 0.2) is 42.5 Å². The van der Waals surface area contributed by atoms with Gasteiger partial charge in [-0.25, -0.2) is 12.8 Å². The number of hydrogen-bond acceptors (Lipinski definition) is 4. The molecule has 5 nitrogen and oxygen atoms in total. The smallest absolute Gasteiger partial charge is 0.253 e. The first-order valence-corrected chi connectivity index (χ1v) is 9.99. The van der Waals surface area contributed by atoms with Gasteiger partial charge in [-0.1, -0.05) is 12.1 Å². The summed E-state index contributed by atoms with van der Waals surface area (Å²) in [5, 5.41) is 0. The number of ketones is 1. The van der Waals surface area contributed by atoms with Crippen LogP contribution in [-0.2, 0) is 9.84 Å². The van der Waals surface area contributed by atoms with E-state index in [1.807, 2.05) is 0 Å². The lowest BCUT2D eigenvalue weighted by Gasteiger charge is -2.26. The molecule has 2 aromatic rings. The van der Waals surface area contributed by atoms with Gasteiger partial charge in [0.1, 0.15) is 5.82 Å². The van der Waals surface area contributed by atoms with E-state index in [2.05, 4.69) is 0 Å². The van der Waals surface area contributed by atoms with Crippen LogP contribution in [0.5, 0.6) is 0 Å². The van der Waals surface area contributed by atoms with E-state index in [-0.39, 0.29) is 36.3 Å². The summed E-state index contributed by atoms with van der Waals surface area (Å²) >= 11 is 0. The Hall–Kier alpha value is -2.54. The Morgan fingerprint density at radius 3 is 2.19 bits per heavy atom. The highest BCUT2D eigenvalue weighted by atomic mass is 32.2. The molecule has 0 aliphatic carbocycles. The van der Waals surface area contributed by atoms with Gasteiger partial charge in [0.15, 0.2) is 15.6 Å². The van der Waals surface area contributed by atoms with Crippen molar-refractivity contribution in [1.82, 2.24) is 4.90 Å². The zero-order chi connectivity index (χ0) is 18.9. The van der Waals surface area contributed by atoms with E-state index in [1.54, 1.807) is 24.3 Å². The summed E-state index contributed by atoms with van der Waals surface area (Å²) in [5.74, 6) is -0.906. The van der Waals surface area contributed by atoms with Gasteiger partial charge in [-0.3, -0.25) is 9.59 Å². The van der Waals surface area contributed by atoms with E-state index in [0.29, 0.717) is 22.3 Å². The molecule has 26 heavy (non-hydrogen) atoms. The normalized spacial score (nSPS) is 16.3. The number of nitrogens with zero attached hydrogens (tertiary/aromatic N) is 1. The molecule has 1 amide bonds. The largest absolute Gasteiger partial charge is 0.337 e. The van der Waals surface area contributed by atoms with Crippen LogP contribution in [-0.4, -0.2) is 49.6 Å². The molecule has 1 aliphatic heterocycles. The molecule has 0 radical (unpaired) electrons. The second-order valence-corrected chi connectivity index (χ2v) is 8.57. The molecule has 0 bridgehead atoms. The van der Waals surface area contributed by atoms with Crippen LogP contribution in [0.2, 0.25) is 0 Å². The van der Waals surface area contributed by atoms with Crippen molar-refractivity contribution in [2.45, 2.75) is 6.92 Å². The number of hydrogen-bond donors (Lipinski definition) is 0. The first-order valence-electron chi connectivity index (χ1n) is 8.17. The second-order valence-electron chi connectivity index (χ2n) is 6.27. The van der Waals surface area contributed by atoms with E-state index < -0.39 is 15.7 Å². The third-order valence-electron chi connectivity index (χ3n) is 4.44. The third-order valence-corrected chi connectivity index (χ3v) is 6.04. The Morgan fingerprint density at radius 2 is 1.62 bits per heavy atom. The van der Waals surface area contributed by atoms with Crippen LogP contribution in [0.4, 0.5) is 4.39 Å². The number of halogens is 1. The molecular weight excluding hydrogens is 357 g/mol. The minimum atomic E-state index is -3.05. The van der Waals surface area contributed by atoms with Gasteiger partial charge in [-0.15, -0.1) is 0 Å². The minimum absolute atomic E-state index is 0.0257. The maximum atomic E-state index is 13.6. The van der Waals surface area contributed by atoms with Gasteiger partial charge >= 0.3 is 0 Å². The molecule has 1 aliphatic rings. The average molecular weight is 375 g/mol. The standard InChI is InChI=1S/C19H18FNO4S/c1-13(22)17-7-6-16(20)12-18(17)14-2-4-15(5-3-14)19(23)21-8-10-26(24,25)11-9-21/h2-7,12H,8-11H2,1H3. The third kappa shape index (κ3) is 3.83. The molecule has 3 rings (SSSR count). The summed E-state index contributed by atoms with van der Waals surface area (Å²) in [6.45, 7) is 1.78. The molecule has 0 spiro atoms. The number of carbonyl (C=O) groups excluding carboxylic acids is 2. The van der Waals surface area contributed by atoms with Gasteiger partial charge in [0, 0.05) is 24.2 Å². The van der Waals surface area contributed by atoms with E-state index in [4.69, 9.17) is 0 Å². The van der Waals surface area contributed by atoms with Crippen molar-refractivity contribution in [2.24, 2.45) is 0 Å². The summed E-state index contributed by atoms with van der Waals surface area (Å²) in [6.07, 6.45) is 0. The predicted octanol–water partition coefficient (Wildman–Crippen LogP) is 2.57. The Kier molecular flexibility index (Phi) is 4.91. The molecular formula is C19H18FNO4S. The number of sulfone groups is 1. The van der Waals surface area contributed by atoms with Crippen molar-refractivity contribution in [1.29, 1.82) is 0 Å². The molecule has 0 N–H and O–H groups in total. The van der Waals surface area contributed by atoms with Crippen molar-refractivity contribution in [2.75, 3.05) is 24.6 Å². The molecule has 0 aromatic heterocycles. The highest BCUT2D eigenvalue weighted by Gasteiger charge is 2.25. The Bertz CT molecular complexity index is 954. The van der Waals surface area contributed by atoms with Crippen LogP contribution < -0.4 is 0 Å². The monoisotopic (exact) mass is 375 g/mol. The van der Waals surface area contributed by atoms with Gasteiger partial charge in [0.05, 0.1) is 11.5 Å². The molecule has 2 aromatic carbocycles. The molecule has 136 valence electrons. The van der Waals surface area contributed by atoms with E-state index in [0.717, 1.165) is 0 Å². The summed E-state index contributed by atoms with van der Waals surface area (Å²) in [4.78, 5) is 25.8. The van der Waals surface area contributed by atoms with Crippen molar-refractivity contribution in [3.63, 3.8) is 0 Å². The number of rotatable bonds is 3. The molecule has 1 heterocycles. The highest BCUT2D eigenvalue weighted by molar-refractivity contribution is 7.91. The first-order chi connectivity index (χ1) is 12.3. The van der Waals surface area contributed by atoms with Gasteiger partial charge in [0.25, 0.3) is 5.91 Å². The Morgan fingerprint density at radius 1 is 1.00 bits per heavy atom. The maximum Gasteiger partial charge on any atom is 0.253 e. The SMILES string of the molecule is CC(=O)c1ccc(F)cc1-c1ccc(C(=O)N2CCS(=O)(=O)CC2)cc1. The van der Waals surface area contributed by atoms with Crippen LogP contribution in [0, 0.1) is 5.82 Å². The van der Waals surface area contributed by atoms with Gasteiger partial charge in [0.2, 0.25) is 0 Å². The van der Waals surface area contributed by atoms with E-state index in [9.17, 15) is 22.4 Å². The van der Waals surface area contributed by atoms with E-state index >= 15 is 0 Å². The molecule has 0 saturated carbocycles. The molecule has 0 atom stereocenters. The number of amides is 1. The minimum Gasteiger partial charge on any atom is -0.337 e. The van der Waals surface area contributed by atoms with Crippen molar-refractivity contribution >= 4 is 21.5 Å². The van der Waals surface area contributed by atoms with Crippen LogP contribution in [0.25, 0.3) is 11.1 Å². The number of carbonyl (C=O) groups is 2. The zero-order valence-corrected chi connectivity index (χ0v) is 15.1. The fraction of sp³-hybridized carbons (Fsp3) is 0.263. The van der Waals surface area contributed by atoms with E-state index in [1.165, 1.54) is 30.0 Å². The maximum absolute atomic E-state index is 13.6. The first kappa shape index (κ1) is 18.3. The number of benzene rings is 2. The second kappa shape index (κ2) is 6.99. The number of Topliss-reactive ketones (excluding diaryl/α,β-unsaturated/α-hetero) is 1. The summed E-state index contributed by atoms with van der Waals surface area (Å²) < 4.78 is 36.5. The van der Waals surface area contributed by atoms with Gasteiger partial charge in [-0.05, 0) is 48.4 Å². The zero-order valence-electron chi connectivity index (χ0n) is 14.2. The lowest BCUT2D eigenvalue weighted by atomic mass is 9.96. The lowest BCUT2D eigenvalue weighted by molar-refractivity contribution is 0.0770. The summed E-state index contributed by atoms with van der Waals surface area (Å²) in [6, 6.07) is 10.5. The molecule has 1 saturated heterocycles. The van der Waals surface area contributed by atoms with Gasteiger partial charge in [-0.2, -0.15) is 0 Å². The molecule has 0 unspecified atom stereocenters. The lowest BCUT2D eigenvalue weighted by Crippen LogP contribution is -2.43. The fourth-order valence-corrected chi connectivity index (χ4v) is 4.15. The van der Waals surface area contributed by atoms with Crippen LogP contribution in [0.3, 0.4) is 0 Å². The van der Waals surface area contributed by atoms with Crippen molar-refractivity contribution in [3.8, 4) is 11.1 Å². The molecule has 1 fully saturated rings. The Balaban J connectivity index is 1.84. The fourth-order valence-electron chi connectivity index (χ4n) is 2.95. The Labute approximate surface area is 151 Å². The van der Waals surface area contributed by atoms with Crippen LogP contribution >= 0.6 is 0 Å². The topological polar surface area (TPSA) is 71.5 Å². The van der Waals surface area contributed by atoms with Crippen LogP contribution in [0.1, 0.15) is 27.6 Å². The molecule has 7 heteroatoms. The quantitative estimate of drug-likeness (QED) is 0.773. The summed E-state index contributed by atoms with van der Waals surface area (Å²) in [5.41, 5.74) is 1.94. The van der Waals surface area contributed by atoms with Gasteiger partial charge < -0.3 is 4.90 Å². The average Bonchev–Trinajstić information content (AvgIpc) is 2.61. The predicted molar refractivity (Wildman–Crippen MR) is 96.4 cm³/mol. The van der Waals surface area contributed by atoms with Crippen molar-refractivity contribution < 1.29 is 22.4 Å².